The average molecular weight is 233 g/mol. The van der Waals surface area contributed by atoms with Crippen molar-refractivity contribution in [3.8, 4) is 0 Å². The van der Waals surface area contributed by atoms with Crippen LogP contribution in [-0.2, 0) is 4.79 Å². The average Bonchev–Trinajstić information content (AvgIpc) is 2.81. The van der Waals surface area contributed by atoms with Gasteiger partial charge in [0.15, 0.2) is 0 Å². The number of carboxylic acids is 1. The summed E-state index contributed by atoms with van der Waals surface area (Å²) in [5, 5.41) is 9.24. The monoisotopic (exact) mass is 233 g/mol. The first-order valence-corrected chi connectivity index (χ1v) is 5.86. The van der Waals surface area contributed by atoms with Gasteiger partial charge in [-0.05, 0) is 17.0 Å². The summed E-state index contributed by atoms with van der Waals surface area (Å²) in [6.45, 7) is 4.06. The van der Waals surface area contributed by atoms with Crippen LogP contribution >= 0.6 is 0 Å². The molecule has 0 aliphatic heterocycles. The van der Waals surface area contributed by atoms with Gasteiger partial charge in [0.05, 0.1) is 5.92 Å². The van der Waals surface area contributed by atoms with Crippen LogP contribution in [0, 0.1) is 11.3 Å². The summed E-state index contributed by atoms with van der Waals surface area (Å²) in [5.41, 5.74) is 2.13. The topological polar surface area (TPSA) is 40.5 Å². The highest BCUT2D eigenvalue weighted by Crippen LogP contribution is 2.65. The van der Waals surface area contributed by atoms with E-state index >= 15 is 0 Å². The fraction of sp³-hybridized carbons (Fsp3) is 0.500. The van der Waals surface area contributed by atoms with E-state index in [1.54, 1.807) is 0 Å². The number of rotatable bonds is 3. The lowest BCUT2D eigenvalue weighted by molar-refractivity contribution is -0.139. The number of hydrogen-bond donors (Lipinski definition) is 1. The van der Waals surface area contributed by atoms with E-state index in [1.807, 2.05) is 57.1 Å². The Kier molecular flexibility index (Phi) is 2.64. The lowest BCUT2D eigenvalue weighted by atomic mass is 10.0. The van der Waals surface area contributed by atoms with Crippen LogP contribution in [0.1, 0.15) is 25.3 Å². The first-order valence-electron chi connectivity index (χ1n) is 5.86. The van der Waals surface area contributed by atoms with Gasteiger partial charge in [-0.3, -0.25) is 4.79 Å². The molecule has 1 aliphatic carbocycles. The fourth-order valence-electron chi connectivity index (χ4n) is 2.84. The molecule has 2 rings (SSSR count). The molecule has 0 saturated heterocycles. The van der Waals surface area contributed by atoms with Crippen molar-refractivity contribution in [3.05, 3.63) is 29.8 Å². The zero-order valence-electron chi connectivity index (χ0n) is 10.8. The van der Waals surface area contributed by atoms with Gasteiger partial charge in [0, 0.05) is 25.7 Å². The number of aliphatic carboxylic acids is 1. The molecule has 1 N–H and O–H groups in total. The summed E-state index contributed by atoms with van der Waals surface area (Å²) in [6.07, 6.45) is 0. The number of carboxylic acid groups (broad SMARTS) is 1. The zero-order valence-corrected chi connectivity index (χ0v) is 10.8. The van der Waals surface area contributed by atoms with Crippen LogP contribution in [0.2, 0.25) is 0 Å². The van der Waals surface area contributed by atoms with Gasteiger partial charge in [0.1, 0.15) is 0 Å². The molecular formula is C14H19NO2. The predicted octanol–water partition coefficient (Wildman–Crippen LogP) is 2.58. The van der Waals surface area contributed by atoms with Crippen molar-refractivity contribution in [1.82, 2.24) is 0 Å². The van der Waals surface area contributed by atoms with E-state index in [0.717, 1.165) is 11.3 Å². The molecule has 0 bridgehead atoms. The van der Waals surface area contributed by atoms with Gasteiger partial charge in [-0.2, -0.15) is 0 Å². The molecule has 1 aromatic carbocycles. The lowest BCUT2D eigenvalue weighted by Crippen LogP contribution is -2.11. The molecule has 92 valence electrons. The number of nitrogens with zero attached hydrogens (tertiary/aromatic N) is 1. The number of hydrogen-bond acceptors (Lipinski definition) is 2. The van der Waals surface area contributed by atoms with Gasteiger partial charge in [0.2, 0.25) is 0 Å². The molecule has 0 unspecified atom stereocenters. The Morgan fingerprint density at radius 3 is 2.35 bits per heavy atom. The van der Waals surface area contributed by atoms with E-state index in [0.29, 0.717) is 0 Å². The summed E-state index contributed by atoms with van der Waals surface area (Å²) in [6, 6.07) is 8.06. The number of anilines is 1. The Labute approximate surface area is 102 Å². The maximum atomic E-state index is 11.2. The molecule has 17 heavy (non-hydrogen) atoms. The molecule has 1 aliphatic rings. The third kappa shape index (κ3) is 1.79. The molecule has 3 heteroatoms. The summed E-state index contributed by atoms with van der Waals surface area (Å²) in [4.78, 5) is 13.3. The van der Waals surface area contributed by atoms with Crippen molar-refractivity contribution < 1.29 is 9.90 Å². The van der Waals surface area contributed by atoms with Crippen LogP contribution in [-0.4, -0.2) is 25.2 Å². The molecule has 0 amide bonds. The summed E-state index contributed by atoms with van der Waals surface area (Å²) in [7, 11) is 3.98. The highest BCUT2D eigenvalue weighted by Gasteiger charge is 2.63. The molecule has 1 aromatic rings. The molecule has 3 nitrogen and oxygen atoms in total. The number of carbonyl (C=O) groups is 1. The SMILES string of the molecule is CN(C)c1ccccc1[C@@H]1[C@@H](C(=O)O)C1(C)C. The predicted molar refractivity (Wildman–Crippen MR) is 68.4 cm³/mol. The van der Waals surface area contributed by atoms with E-state index in [2.05, 4.69) is 0 Å². The van der Waals surface area contributed by atoms with Crippen molar-refractivity contribution in [3.63, 3.8) is 0 Å². The Hall–Kier alpha value is -1.51. The zero-order chi connectivity index (χ0) is 12.8. The number of para-hydroxylation sites is 1. The van der Waals surface area contributed by atoms with Crippen molar-refractivity contribution in [2.75, 3.05) is 19.0 Å². The first kappa shape index (κ1) is 12.0. The Balaban J connectivity index is 2.40. The smallest absolute Gasteiger partial charge is 0.307 e. The Bertz CT molecular complexity index is 451. The van der Waals surface area contributed by atoms with Crippen LogP contribution in [0.5, 0.6) is 0 Å². The van der Waals surface area contributed by atoms with Gasteiger partial charge in [-0.15, -0.1) is 0 Å². The van der Waals surface area contributed by atoms with Crippen molar-refractivity contribution >= 4 is 11.7 Å². The lowest BCUT2D eigenvalue weighted by Gasteiger charge is -2.18. The summed E-state index contributed by atoms with van der Waals surface area (Å²) >= 11 is 0. The Morgan fingerprint density at radius 1 is 1.29 bits per heavy atom. The molecular weight excluding hydrogens is 214 g/mol. The van der Waals surface area contributed by atoms with Crippen LogP contribution in [0.25, 0.3) is 0 Å². The Morgan fingerprint density at radius 2 is 1.88 bits per heavy atom. The second-order valence-electron chi connectivity index (χ2n) is 5.57. The minimum absolute atomic E-state index is 0.124. The van der Waals surface area contributed by atoms with E-state index in [-0.39, 0.29) is 17.3 Å². The van der Waals surface area contributed by atoms with Gasteiger partial charge < -0.3 is 10.0 Å². The van der Waals surface area contributed by atoms with Crippen molar-refractivity contribution in [2.45, 2.75) is 19.8 Å². The highest BCUT2D eigenvalue weighted by atomic mass is 16.4. The van der Waals surface area contributed by atoms with E-state index in [9.17, 15) is 9.90 Å². The largest absolute Gasteiger partial charge is 0.481 e. The van der Waals surface area contributed by atoms with E-state index < -0.39 is 5.97 Å². The number of benzene rings is 1. The third-order valence-corrected chi connectivity index (χ3v) is 3.85. The molecule has 0 spiro atoms. The van der Waals surface area contributed by atoms with Gasteiger partial charge in [-0.1, -0.05) is 32.0 Å². The quantitative estimate of drug-likeness (QED) is 0.872. The van der Waals surface area contributed by atoms with E-state index in [4.69, 9.17) is 0 Å². The molecule has 0 heterocycles. The normalized spacial score (nSPS) is 25.4. The minimum atomic E-state index is -0.687. The summed E-state index contributed by atoms with van der Waals surface area (Å²) in [5.74, 6) is -0.823. The molecule has 2 atom stereocenters. The van der Waals surface area contributed by atoms with Crippen LogP contribution in [0.3, 0.4) is 0 Å². The fourth-order valence-corrected chi connectivity index (χ4v) is 2.84. The van der Waals surface area contributed by atoms with Crippen molar-refractivity contribution in [2.24, 2.45) is 11.3 Å². The maximum Gasteiger partial charge on any atom is 0.307 e. The second kappa shape index (κ2) is 3.76. The van der Waals surface area contributed by atoms with Gasteiger partial charge >= 0.3 is 5.97 Å². The van der Waals surface area contributed by atoms with Gasteiger partial charge in [0.25, 0.3) is 0 Å². The standard InChI is InChI=1S/C14H19NO2/c1-14(2)11(12(14)13(16)17)9-7-5-6-8-10(9)15(3)4/h5-8,11-12H,1-4H3,(H,16,17)/t11-,12+/m1/s1. The second-order valence-corrected chi connectivity index (χ2v) is 5.57. The molecule has 1 fully saturated rings. The molecule has 0 aromatic heterocycles. The van der Waals surface area contributed by atoms with Crippen LogP contribution in [0.15, 0.2) is 24.3 Å². The third-order valence-electron chi connectivity index (χ3n) is 3.85. The van der Waals surface area contributed by atoms with E-state index in [1.165, 1.54) is 0 Å². The van der Waals surface area contributed by atoms with Crippen LogP contribution < -0.4 is 4.90 Å². The first-order chi connectivity index (χ1) is 7.87. The minimum Gasteiger partial charge on any atom is -0.481 e. The highest BCUT2D eigenvalue weighted by molar-refractivity contribution is 5.79. The summed E-state index contributed by atoms with van der Waals surface area (Å²) < 4.78 is 0. The van der Waals surface area contributed by atoms with Gasteiger partial charge in [-0.25, -0.2) is 0 Å². The van der Waals surface area contributed by atoms with Crippen LogP contribution in [0.4, 0.5) is 5.69 Å². The maximum absolute atomic E-state index is 11.2. The molecule has 0 radical (unpaired) electrons. The molecule has 1 saturated carbocycles. The van der Waals surface area contributed by atoms with Crippen molar-refractivity contribution in [1.29, 1.82) is 0 Å².